The molecule has 29 heavy (non-hydrogen) atoms. The number of hydrogen-bond donors (Lipinski definition) is 4. The van der Waals surface area contributed by atoms with Crippen LogP contribution in [0.3, 0.4) is 0 Å². The standard InChI is InChI=1S/C21H24N4O4/c26-18-1-3-20(28)16(9-18)11-22-5-7-24(13-22)15-25-8-6-23(14-25)12-17-10-19(27)2-4-21(17)29/h1-10,26-29H,11-15H2. The Balaban J connectivity index is 1.27. The Morgan fingerprint density at radius 3 is 1.45 bits per heavy atom. The highest BCUT2D eigenvalue weighted by atomic mass is 16.3. The van der Waals surface area contributed by atoms with Gasteiger partial charge in [-0.25, -0.2) is 0 Å². The summed E-state index contributed by atoms with van der Waals surface area (Å²) in [6, 6.07) is 9.07. The van der Waals surface area contributed by atoms with E-state index in [0.717, 1.165) is 0 Å². The SMILES string of the molecule is Oc1ccc(O)c(CN2C=CN(CN3C=CN(Cc4cc(O)ccc4O)C3)C2)c1. The second-order valence-corrected chi connectivity index (χ2v) is 7.32. The number of aromatic hydroxyl groups is 4. The first-order chi connectivity index (χ1) is 14.0. The van der Waals surface area contributed by atoms with Crippen molar-refractivity contribution in [1.29, 1.82) is 0 Å². The molecule has 0 amide bonds. The van der Waals surface area contributed by atoms with Gasteiger partial charge in [0.15, 0.2) is 0 Å². The van der Waals surface area contributed by atoms with Crippen molar-refractivity contribution in [2.45, 2.75) is 13.1 Å². The van der Waals surface area contributed by atoms with Crippen LogP contribution in [0.4, 0.5) is 0 Å². The van der Waals surface area contributed by atoms with Gasteiger partial charge in [-0.2, -0.15) is 0 Å². The Morgan fingerprint density at radius 1 is 0.586 bits per heavy atom. The van der Waals surface area contributed by atoms with Gasteiger partial charge < -0.3 is 40.0 Å². The van der Waals surface area contributed by atoms with Crippen molar-refractivity contribution >= 4 is 0 Å². The van der Waals surface area contributed by atoms with E-state index in [0.29, 0.717) is 44.2 Å². The summed E-state index contributed by atoms with van der Waals surface area (Å²) in [5.41, 5.74) is 1.35. The van der Waals surface area contributed by atoms with Crippen LogP contribution in [0, 0.1) is 0 Å². The first kappa shape index (κ1) is 18.7. The second kappa shape index (κ2) is 7.75. The van der Waals surface area contributed by atoms with E-state index in [1.54, 1.807) is 12.1 Å². The molecule has 0 fully saturated rings. The first-order valence-electron chi connectivity index (χ1n) is 9.31. The van der Waals surface area contributed by atoms with Gasteiger partial charge in [-0.05, 0) is 36.4 Å². The van der Waals surface area contributed by atoms with Crippen LogP contribution in [0.5, 0.6) is 23.0 Å². The third kappa shape index (κ3) is 4.43. The van der Waals surface area contributed by atoms with Gasteiger partial charge in [-0.3, -0.25) is 0 Å². The topological polar surface area (TPSA) is 93.9 Å². The van der Waals surface area contributed by atoms with Gasteiger partial charge in [-0.15, -0.1) is 0 Å². The number of rotatable bonds is 6. The zero-order valence-corrected chi connectivity index (χ0v) is 15.9. The van der Waals surface area contributed by atoms with E-state index in [-0.39, 0.29) is 23.0 Å². The van der Waals surface area contributed by atoms with E-state index in [9.17, 15) is 20.4 Å². The number of phenolic OH excluding ortho intramolecular Hbond substituents is 4. The molecule has 2 heterocycles. The number of nitrogens with zero attached hydrogens (tertiary/aromatic N) is 4. The third-order valence-electron chi connectivity index (χ3n) is 4.94. The molecule has 0 atom stereocenters. The fraction of sp³-hybridized carbons (Fsp3) is 0.238. The molecule has 2 aromatic carbocycles. The highest BCUT2D eigenvalue weighted by molar-refractivity contribution is 5.39. The Labute approximate surface area is 169 Å². The van der Waals surface area contributed by atoms with Crippen LogP contribution in [0.1, 0.15) is 11.1 Å². The van der Waals surface area contributed by atoms with Gasteiger partial charge in [0.25, 0.3) is 0 Å². The monoisotopic (exact) mass is 396 g/mol. The molecule has 0 saturated carbocycles. The third-order valence-corrected chi connectivity index (χ3v) is 4.94. The van der Waals surface area contributed by atoms with Crippen LogP contribution in [0.2, 0.25) is 0 Å². The van der Waals surface area contributed by atoms with Crippen molar-refractivity contribution in [3.63, 3.8) is 0 Å². The van der Waals surface area contributed by atoms with E-state index in [2.05, 4.69) is 19.6 Å². The summed E-state index contributed by atoms with van der Waals surface area (Å²) in [5, 5.41) is 39.1. The van der Waals surface area contributed by atoms with Crippen LogP contribution in [-0.2, 0) is 13.1 Å². The highest BCUT2D eigenvalue weighted by Gasteiger charge is 2.19. The van der Waals surface area contributed by atoms with Gasteiger partial charge in [0.1, 0.15) is 23.0 Å². The molecule has 2 aliphatic rings. The fourth-order valence-corrected chi connectivity index (χ4v) is 3.49. The van der Waals surface area contributed by atoms with Crippen molar-refractivity contribution in [3.05, 3.63) is 72.3 Å². The molecule has 0 saturated heterocycles. The summed E-state index contributed by atoms with van der Waals surface area (Å²) in [5.74, 6) is 0.613. The molecular formula is C21H24N4O4. The van der Waals surface area contributed by atoms with Crippen molar-refractivity contribution in [2.75, 3.05) is 20.0 Å². The lowest BCUT2D eigenvalue weighted by atomic mass is 10.2. The summed E-state index contributed by atoms with van der Waals surface area (Å²) in [6.07, 6.45) is 7.92. The molecule has 8 heteroatoms. The summed E-state index contributed by atoms with van der Waals surface area (Å²) in [4.78, 5) is 8.38. The highest BCUT2D eigenvalue weighted by Crippen LogP contribution is 2.26. The van der Waals surface area contributed by atoms with E-state index in [4.69, 9.17) is 0 Å². The zero-order chi connectivity index (χ0) is 20.4. The molecule has 0 bridgehead atoms. The zero-order valence-electron chi connectivity index (χ0n) is 15.9. The molecule has 2 aliphatic heterocycles. The van der Waals surface area contributed by atoms with Gasteiger partial charge in [0, 0.05) is 49.0 Å². The van der Waals surface area contributed by atoms with Crippen LogP contribution in [0.25, 0.3) is 0 Å². The molecule has 4 rings (SSSR count). The van der Waals surface area contributed by atoms with E-state index >= 15 is 0 Å². The van der Waals surface area contributed by atoms with Crippen LogP contribution in [-0.4, -0.2) is 60.0 Å². The summed E-state index contributed by atoms with van der Waals surface area (Å²) in [6.45, 7) is 3.05. The number of benzene rings is 2. The van der Waals surface area contributed by atoms with Crippen LogP contribution in [0.15, 0.2) is 61.2 Å². The van der Waals surface area contributed by atoms with E-state index in [1.807, 2.05) is 24.8 Å². The van der Waals surface area contributed by atoms with Crippen molar-refractivity contribution in [2.24, 2.45) is 0 Å². The molecule has 8 nitrogen and oxygen atoms in total. The Kier molecular flexibility index (Phi) is 4.99. The molecular weight excluding hydrogens is 372 g/mol. The quantitative estimate of drug-likeness (QED) is 0.553. The average Bonchev–Trinajstić information content (AvgIpc) is 3.31. The Hall–Kier alpha value is -3.68. The molecule has 2 aromatic rings. The second-order valence-electron chi connectivity index (χ2n) is 7.32. The minimum Gasteiger partial charge on any atom is -0.508 e. The Bertz CT molecular complexity index is 871. The van der Waals surface area contributed by atoms with Crippen molar-refractivity contribution < 1.29 is 20.4 Å². The minimum absolute atomic E-state index is 0.137. The molecule has 0 aromatic heterocycles. The lowest BCUT2D eigenvalue weighted by Gasteiger charge is -2.27. The summed E-state index contributed by atoms with van der Waals surface area (Å²) < 4.78 is 0. The van der Waals surface area contributed by atoms with Gasteiger partial charge in [-0.1, -0.05) is 0 Å². The predicted octanol–water partition coefficient (Wildman–Crippen LogP) is 2.26. The maximum atomic E-state index is 9.95. The maximum Gasteiger partial charge on any atom is 0.120 e. The normalized spacial score (nSPS) is 15.7. The van der Waals surface area contributed by atoms with Gasteiger partial charge in [0.05, 0.1) is 20.0 Å². The van der Waals surface area contributed by atoms with Crippen molar-refractivity contribution in [1.82, 2.24) is 19.6 Å². The van der Waals surface area contributed by atoms with E-state index < -0.39 is 0 Å². The first-order valence-corrected chi connectivity index (χ1v) is 9.31. The number of phenols is 4. The molecule has 0 spiro atoms. The summed E-state index contributed by atoms with van der Waals surface area (Å²) >= 11 is 0. The lowest BCUT2D eigenvalue weighted by molar-refractivity contribution is 0.158. The van der Waals surface area contributed by atoms with Crippen molar-refractivity contribution in [3.8, 4) is 23.0 Å². The maximum absolute atomic E-state index is 9.95. The average molecular weight is 396 g/mol. The van der Waals surface area contributed by atoms with Gasteiger partial charge >= 0.3 is 0 Å². The van der Waals surface area contributed by atoms with Crippen LogP contribution < -0.4 is 0 Å². The lowest BCUT2D eigenvalue weighted by Crippen LogP contribution is -2.35. The fourth-order valence-electron chi connectivity index (χ4n) is 3.49. The minimum atomic E-state index is 0.137. The predicted molar refractivity (Wildman–Crippen MR) is 107 cm³/mol. The Morgan fingerprint density at radius 2 is 1.00 bits per heavy atom. The molecule has 152 valence electrons. The molecule has 0 radical (unpaired) electrons. The largest absolute Gasteiger partial charge is 0.508 e. The number of hydrogen-bond acceptors (Lipinski definition) is 8. The van der Waals surface area contributed by atoms with Gasteiger partial charge in [0.2, 0.25) is 0 Å². The molecule has 4 N–H and O–H groups in total. The summed E-state index contributed by atoms with van der Waals surface area (Å²) in [7, 11) is 0. The molecule has 0 aliphatic carbocycles. The van der Waals surface area contributed by atoms with Crippen LogP contribution >= 0.6 is 0 Å². The molecule has 0 unspecified atom stereocenters. The van der Waals surface area contributed by atoms with E-state index in [1.165, 1.54) is 24.3 Å². The smallest absolute Gasteiger partial charge is 0.120 e.